The maximum Gasteiger partial charge on any atom is 0.315 e. The summed E-state index contributed by atoms with van der Waals surface area (Å²) in [6.07, 6.45) is 0. The first-order valence-electron chi connectivity index (χ1n) is 10.4. The van der Waals surface area contributed by atoms with E-state index in [1.54, 1.807) is 12.0 Å². The van der Waals surface area contributed by atoms with Crippen molar-refractivity contribution in [1.29, 1.82) is 0 Å². The molecule has 6 nitrogen and oxygen atoms in total. The highest BCUT2D eigenvalue weighted by Gasteiger charge is 2.67. The molecule has 5 rings (SSSR count). The van der Waals surface area contributed by atoms with Gasteiger partial charge < -0.3 is 10.1 Å². The van der Waals surface area contributed by atoms with Gasteiger partial charge in [-0.2, -0.15) is 0 Å². The van der Waals surface area contributed by atoms with Crippen LogP contribution in [0.1, 0.15) is 24.1 Å². The lowest BCUT2D eigenvalue weighted by atomic mass is 9.76. The number of hydrogen-bond acceptors (Lipinski definition) is 5. The molecule has 0 aromatic heterocycles. The van der Waals surface area contributed by atoms with Gasteiger partial charge in [0.15, 0.2) is 0 Å². The van der Waals surface area contributed by atoms with Crippen LogP contribution in [-0.2, 0) is 24.8 Å². The van der Waals surface area contributed by atoms with Crippen LogP contribution in [-0.4, -0.2) is 18.5 Å². The topological polar surface area (TPSA) is 67.9 Å². The Labute approximate surface area is 194 Å². The van der Waals surface area contributed by atoms with Gasteiger partial charge in [0.2, 0.25) is 5.60 Å². The minimum Gasteiger partial charge on any atom is -0.466 e. The quantitative estimate of drug-likeness (QED) is 0.520. The first-order chi connectivity index (χ1) is 15.6. The number of nitrogens with zero attached hydrogens (tertiary/aromatic N) is 1. The van der Waals surface area contributed by atoms with Crippen LogP contribution in [0.3, 0.4) is 0 Å². The molecular weight excluding hydrogens is 472 g/mol. The Morgan fingerprint density at radius 3 is 2.47 bits per heavy atom. The molecule has 3 atom stereocenters. The van der Waals surface area contributed by atoms with Gasteiger partial charge in [-0.25, -0.2) is 5.06 Å². The van der Waals surface area contributed by atoms with Gasteiger partial charge in [-0.3, -0.25) is 14.4 Å². The van der Waals surface area contributed by atoms with E-state index in [2.05, 4.69) is 21.2 Å². The molecule has 1 amide bonds. The lowest BCUT2D eigenvalue weighted by Crippen LogP contribution is -2.45. The molecule has 1 N–H and O–H groups in total. The van der Waals surface area contributed by atoms with Crippen LogP contribution in [0, 0.1) is 5.92 Å². The van der Waals surface area contributed by atoms with Gasteiger partial charge in [-0.05, 0) is 42.8 Å². The average molecular weight is 493 g/mol. The summed E-state index contributed by atoms with van der Waals surface area (Å²) in [5.41, 5.74) is 1.30. The van der Waals surface area contributed by atoms with Crippen molar-refractivity contribution in [3.05, 3.63) is 94.5 Å². The van der Waals surface area contributed by atoms with Gasteiger partial charge in [-0.15, -0.1) is 0 Å². The van der Waals surface area contributed by atoms with Crippen LogP contribution in [0.15, 0.2) is 83.3 Å². The summed E-state index contributed by atoms with van der Waals surface area (Å²) in [6, 6.07) is 23.9. The van der Waals surface area contributed by atoms with E-state index in [9.17, 15) is 9.59 Å². The SMILES string of the molecule is CCOC(=O)[C@H]1[C@H](c2ccc(Br)cc2)N(c2ccccc2)OC12C(=O)Nc1ccccc12. The van der Waals surface area contributed by atoms with E-state index in [4.69, 9.17) is 9.57 Å². The van der Waals surface area contributed by atoms with Crippen LogP contribution >= 0.6 is 15.9 Å². The van der Waals surface area contributed by atoms with Gasteiger partial charge in [-0.1, -0.05) is 64.5 Å². The van der Waals surface area contributed by atoms with Gasteiger partial charge in [0.1, 0.15) is 5.92 Å². The molecule has 3 aromatic carbocycles. The lowest BCUT2D eigenvalue weighted by molar-refractivity contribution is -0.161. The molecule has 162 valence electrons. The Morgan fingerprint density at radius 1 is 1.06 bits per heavy atom. The van der Waals surface area contributed by atoms with Crippen molar-refractivity contribution in [2.24, 2.45) is 5.92 Å². The second kappa shape index (κ2) is 8.07. The molecule has 0 bridgehead atoms. The van der Waals surface area contributed by atoms with Gasteiger partial charge in [0.05, 0.1) is 18.3 Å². The fourth-order valence-corrected chi connectivity index (χ4v) is 4.85. The van der Waals surface area contributed by atoms with Crippen LogP contribution in [0.5, 0.6) is 0 Å². The standard InChI is InChI=1S/C25H21BrN2O4/c1-2-31-23(29)21-22(16-12-14-17(26)15-13-16)28(18-8-4-3-5-9-18)32-25(21)19-10-6-7-11-20(19)27-24(25)30/h3-15,21-22H,2H2,1H3,(H,27,30)/t21-,22+,25?/m1/s1. The van der Waals surface area contributed by atoms with E-state index < -0.39 is 23.5 Å². The van der Waals surface area contributed by atoms with Crippen molar-refractivity contribution in [3.63, 3.8) is 0 Å². The van der Waals surface area contributed by atoms with Gasteiger partial charge >= 0.3 is 5.97 Å². The molecule has 0 aliphatic carbocycles. The maximum atomic E-state index is 13.5. The fraction of sp³-hybridized carbons (Fsp3) is 0.200. The Morgan fingerprint density at radius 2 is 1.75 bits per heavy atom. The van der Waals surface area contributed by atoms with Crippen molar-refractivity contribution in [1.82, 2.24) is 0 Å². The van der Waals surface area contributed by atoms with Crippen molar-refractivity contribution in [2.45, 2.75) is 18.6 Å². The van der Waals surface area contributed by atoms with Gasteiger partial charge in [0.25, 0.3) is 5.91 Å². The molecule has 7 heteroatoms. The van der Waals surface area contributed by atoms with Crippen molar-refractivity contribution in [2.75, 3.05) is 17.0 Å². The van der Waals surface area contributed by atoms with Crippen LogP contribution < -0.4 is 10.4 Å². The number of para-hydroxylation sites is 2. The molecule has 1 spiro atoms. The summed E-state index contributed by atoms with van der Waals surface area (Å²) in [6.45, 7) is 1.96. The zero-order valence-corrected chi connectivity index (χ0v) is 18.9. The summed E-state index contributed by atoms with van der Waals surface area (Å²) in [4.78, 5) is 33.5. The number of benzene rings is 3. The number of fused-ring (bicyclic) bond motifs is 2. The van der Waals surface area contributed by atoms with Crippen molar-refractivity contribution < 1.29 is 19.2 Å². The molecule has 32 heavy (non-hydrogen) atoms. The highest BCUT2D eigenvalue weighted by atomic mass is 79.9. The normalized spacial score (nSPS) is 23.8. The number of rotatable bonds is 4. The van der Waals surface area contributed by atoms with Crippen molar-refractivity contribution in [3.8, 4) is 0 Å². The van der Waals surface area contributed by atoms with Crippen LogP contribution in [0.25, 0.3) is 0 Å². The van der Waals surface area contributed by atoms with E-state index >= 15 is 0 Å². The number of nitrogens with one attached hydrogen (secondary N) is 1. The molecule has 0 radical (unpaired) electrons. The Hall–Kier alpha value is -3.16. The molecule has 2 aliphatic heterocycles. The first kappa shape index (κ1) is 20.7. The predicted octanol–water partition coefficient (Wildman–Crippen LogP) is 4.97. The third-order valence-electron chi connectivity index (χ3n) is 5.92. The molecule has 2 heterocycles. The number of esters is 1. The van der Waals surface area contributed by atoms with E-state index in [0.717, 1.165) is 15.7 Å². The number of carbonyl (C=O) groups is 2. The number of anilines is 2. The highest BCUT2D eigenvalue weighted by molar-refractivity contribution is 9.10. The highest BCUT2D eigenvalue weighted by Crippen LogP contribution is 2.57. The monoisotopic (exact) mass is 492 g/mol. The van der Waals surface area contributed by atoms with E-state index in [-0.39, 0.29) is 12.5 Å². The molecule has 3 aromatic rings. The van der Waals surface area contributed by atoms with Gasteiger partial charge in [0, 0.05) is 15.7 Å². The largest absolute Gasteiger partial charge is 0.466 e. The predicted molar refractivity (Wildman–Crippen MR) is 124 cm³/mol. The Balaban J connectivity index is 1.75. The smallest absolute Gasteiger partial charge is 0.315 e. The van der Waals surface area contributed by atoms with Crippen LogP contribution in [0.2, 0.25) is 0 Å². The summed E-state index contributed by atoms with van der Waals surface area (Å²) < 4.78 is 6.42. The molecule has 1 fully saturated rings. The number of ether oxygens (including phenoxy) is 1. The molecule has 0 saturated carbocycles. The second-order valence-corrected chi connectivity index (χ2v) is 8.63. The minimum atomic E-state index is -1.55. The number of carbonyl (C=O) groups excluding carboxylic acids is 2. The minimum absolute atomic E-state index is 0.201. The molecule has 2 aliphatic rings. The third-order valence-corrected chi connectivity index (χ3v) is 6.45. The molecular formula is C25H21BrN2O4. The lowest BCUT2D eigenvalue weighted by Gasteiger charge is -2.27. The third kappa shape index (κ3) is 3.12. The van der Waals surface area contributed by atoms with E-state index in [0.29, 0.717) is 11.3 Å². The van der Waals surface area contributed by atoms with Crippen LogP contribution in [0.4, 0.5) is 11.4 Å². The Kier molecular flexibility index (Phi) is 5.23. The number of amides is 1. The average Bonchev–Trinajstić information content (AvgIpc) is 3.31. The van der Waals surface area contributed by atoms with Crippen molar-refractivity contribution >= 4 is 39.2 Å². The van der Waals surface area contributed by atoms with E-state index in [1.807, 2.05) is 78.9 Å². The number of halogens is 1. The first-order valence-corrected chi connectivity index (χ1v) is 11.2. The summed E-state index contributed by atoms with van der Waals surface area (Å²) in [7, 11) is 0. The maximum absolute atomic E-state index is 13.5. The summed E-state index contributed by atoms with van der Waals surface area (Å²) >= 11 is 3.47. The zero-order valence-electron chi connectivity index (χ0n) is 17.3. The van der Waals surface area contributed by atoms with E-state index in [1.165, 1.54) is 0 Å². The summed E-state index contributed by atoms with van der Waals surface area (Å²) in [5, 5.41) is 4.58. The summed E-state index contributed by atoms with van der Waals surface area (Å²) in [5.74, 6) is -1.78. The number of hydroxylamine groups is 1. The second-order valence-electron chi connectivity index (χ2n) is 7.71. The Bertz CT molecular complexity index is 1170. The number of hydrogen-bond donors (Lipinski definition) is 1. The zero-order chi connectivity index (χ0) is 22.3. The fourth-order valence-electron chi connectivity index (χ4n) is 4.58. The molecule has 1 unspecified atom stereocenters. The molecule has 1 saturated heterocycles.